The molecule has 0 unspecified atom stereocenters. The second kappa shape index (κ2) is 13.4. The number of benzene rings is 8. The van der Waals surface area contributed by atoms with Gasteiger partial charge in [0.05, 0.1) is 22.1 Å². The highest BCUT2D eigenvalue weighted by Crippen LogP contribution is 2.43. The van der Waals surface area contributed by atoms with Gasteiger partial charge in [-0.1, -0.05) is 121 Å². The molecule has 10 rings (SSSR count). The number of hydrogen-bond acceptors (Lipinski definition) is 2. The van der Waals surface area contributed by atoms with Crippen molar-refractivity contribution in [1.82, 2.24) is 9.13 Å². The third kappa shape index (κ3) is 5.32. The molecule has 0 fully saturated rings. The standard InChI is InChI=1S/C50H36N4/c1-5-19-37(20-6-1)51(38-21-7-2-8-22-38)41-27-17-29-43(35-41)53-47-33-15-13-31-45(47)50-49(53)46-32-14-16-34-48(46)54(50)44-30-18-28-42(36-44)52(39-23-9-3-10-24-39)40-25-11-4-12-26-40/h1-36H. The first kappa shape index (κ1) is 31.4. The summed E-state index contributed by atoms with van der Waals surface area (Å²) in [5.41, 5.74) is 13.5. The Balaban J connectivity index is 1.21. The molecule has 256 valence electrons. The maximum atomic E-state index is 2.45. The van der Waals surface area contributed by atoms with E-state index in [2.05, 4.69) is 237 Å². The van der Waals surface area contributed by atoms with Crippen LogP contribution in [-0.2, 0) is 0 Å². The number of anilines is 6. The molecule has 0 aliphatic carbocycles. The number of aromatic nitrogens is 2. The molecule has 2 heterocycles. The van der Waals surface area contributed by atoms with Gasteiger partial charge in [-0.05, 0) is 97.1 Å². The van der Waals surface area contributed by atoms with Crippen LogP contribution in [0.15, 0.2) is 218 Å². The van der Waals surface area contributed by atoms with E-state index in [-0.39, 0.29) is 0 Å². The fourth-order valence-electron chi connectivity index (χ4n) is 7.97. The fourth-order valence-corrected chi connectivity index (χ4v) is 7.97. The topological polar surface area (TPSA) is 16.3 Å². The zero-order valence-corrected chi connectivity index (χ0v) is 29.6. The van der Waals surface area contributed by atoms with E-state index in [0.717, 1.165) is 56.5 Å². The Morgan fingerprint density at radius 2 is 0.556 bits per heavy atom. The van der Waals surface area contributed by atoms with E-state index >= 15 is 0 Å². The van der Waals surface area contributed by atoms with Gasteiger partial charge in [-0.3, -0.25) is 0 Å². The normalized spacial score (nSPS) is 11.3. The first-order chi connectivity index (χ1) is 26.8. The van der Waals surface area contributed by atoms with E-state index in [9.17, 15) is 0 Å². The van der Waals surface area contributed by atoms with E-state index in [0.29, 0.717) is 0 Å². The largest absolute Gasteiger partial charge is 0.310 e. The molecule has 0 bridgehead atoms. The summed E-state index contributed by atoms with van der Waals surface area (Å²) in [6.07, 6.45) is 0. The molecule has 54 heavy (non-hydrogen) atoms. The summed E-state index contributed by atoms with van der Waals surface area (Å²) in [5.74, 6) is 0. The summed E-state index contributed by atoms with van der Waals surface area (Å²) in [7, 11) is 0. The molecule has 0 aliphatic heterocycles. The summed E-state index contributed by atoms with van der Waals surface area (Å²) >= 11 is 0. The summed E-state index contributed by atoms with van der Waals surface area (Å²) in [5, 5.41) is 2.40. The van der Waals surface area contributed by atoms with Crippen molar-refractivity contribution < 1.29 is 0 Å². The molecular formula is C50H36N4. The van der Waals surface area contributed by atoms with Gasteiger partial charge in [0.15, 0.2) is 0 Å². The van der Waals surface area contributed by atoms with E-state index in [4.69, 9.17) is 0 Å². The van der Waals surface area contributed by atoms with Gasteiger partial charge in [0.1, 0.15) is 0 Å². The van der Waals surface area contributed by atoms with Crippen LogP contribution in [0.3, 0.4) is 0 Å². The Labute approximate surface area is 314 Å². The second-order valence-corrected chi connectivity index (χ2v) is 13.5. The second-order valence-electron chi connectivity index (χ2n) is 13.5. The molecular weight excluding hydrogens is 657 g/mol. The average Bonchev–Trinajstić information content (AvgIpc) is 3.76. The molecule has 0 aliphatic rings. The summed E-state index contributed by atoms with van der Waals surface area (Å²) in [4.78, 5) is 4.65. The van der Waals surface area contributed by atoms with Crippen molar-refractivity contribution in [1.29, 1.82) is 0 Å². The van der Waals surface area contributed by atoms with Gasteiger partial charge in [-0.15, -0.1) is 0 Å². The smallest absolute Gasteiger partial charge is 0.0803 e. The Kier molecular flexibility index (Phi) is 7.77. The summed E-state index contributed by atoms with van der Waals surface area (Å²) in [6.45, 7) is 0. The maximum absolute atomic E-state index is 2.45. The van der Waals surface area contributed by atoms with Crippen LogP contribution in [0.1, 0.15) is 0 Å². The van der Waals surface area contributed by atoms with Crippen LogP contribution in [0, 0.1) is 0 Å². The molecule has 0 spiro atoms. The van der Waals surface area contributed by atoms with Gasteiger partial charge in [0.25, 0.3) is 0 Å². The van der Waals surface area contributed by atoms with Crippen LogP contribution >= 0.6 is 0 Å². The predicted octanol–water partition coefficient (Wildman–Crippen LogP) is 13.7. The first-order valence-corrected chi connectivity index (χ1v) is 18.4. The molecule has 0 atom stereocenters. The molecule has 4 heteroatoms. The van der Waals surface area contributed by atoms with Gasteiger partial charge in [0.2, 0.25) is 0 Å². The van der Waals surface area contributed by atoms with Crippen LogP contribution < -0.4 is 9.80 Å². The lowest BCUT2D eigenvalue weighted by molar-refractivity contribution is 1.16. The van der Waals surface area contributed by atoms with Crippen molar-refractivity contribution in [3.05, 3.63) is 218 Å². The van der Waals surface area contributed by atoms with Gasteiger partial charge < -0.3 is 18.9 Å². The van der Waals surface area contributed by atoms with E-state index in [1.165, 1.54) is 21.8 Å². The lowest BCUT2D eigenvalue weighted by Crippen LogP contribution is -2.10. The molecule has 8 aromatic carbocycles. The van der Waals surface area contributed by atoms with Gasteiger partial charge in [-0.2, -0.15) is 0 Å². The Morgan fingerprint density at radius 1 is 0.259 bits per heavy atom. The van der Waals surface area contributed by atoms with Crippen LogP contribution in [0.4, 0.5) is 34.1 Å². The quantitative estimate of drug-likeness (QED) is 0.158. The highest BCUT2D eigenvalue weighted by molar-refractivity contribution is 6.20. The lowest BCUT2D eigenvalue weighted by atomic mass is 10.1. The van der Waals surface area contributed by atoms with Gasteiger partial charge in [-0.25, -0.2) is 0 Å². The van der Waals surface area contributed by atoms with Crippen molar-refractivity contribution in [2.75, 3.05) is 9.80 Å². The first-order valence-electron chi connectivity index (χ1n) is 18.4. The maximum Gasteiger partial charge on any atom is 0.0803 e. The molecule has 2 aromatic heterocycles. The van der Waals surface area contributed by atoms with Crippen molar-refractivity contribution in [2.45, 2.75) is 0 Å². The van der Waals surface area contributed by atoms with Crippen LogP contribution in [-0.4, -0.2) is 9.13 Å². The molecule has 0 saturated carbocycles. The molecule has 0 radical (unpaired) electrons. The van der Waals surface area contributed by atoms with E-state index in [1.807, 2.05) is 0 Å². The van der Waals surface area contributed by atoms with Gasteiger partial charge in [0, 0.05) is 56.3 Å². The number of hydrogen-bond donors (Lipinski definition) is 0. The van der Waals surface area contributed by atoms with Crippen molar-refractivity contribution in [3.63, 3.8) is 0 Å². The number of fused-ring (bicyclic) bond motifs is 5. The Morgan fingerprint density at radius 3 is 0.907 bits per heavy atom. The highest BCUT2D eigenvalue weighted by Gasteiger charge is 2.23. The minimum absolute atomic E-state index is 1.09. The fraction of sp³-hybridized carbons (Fsp3) is 0. The van der Waals surface area contributed by atoms with E-state index < -0.39 is 0 Å². The number of rotatable bonds is 8. The molecule has 0 N–H and O–H groups in total. The number of nitrogens with zero attached hydrogens (tertiary/aromatic N) is 4. The van der Waals surface area contributed by atoms with Crippen LogP contribution in [0.2, 0.25) is 0 Å². The number of para-hydroxylation sites is 6. The minimum Gasteiger partial charge on any atom is -0.310 e. The highest BCUT2D eigenvalue weighted by atomic mass is 15.2. The Hall–Kier alpha value is -7.30. The summed E-state index contributed by atoms with van der Waals surface area (Å²) < 4.78 is 4.90. The van der Waals surface area contributed by atoms with Crippen molar-refractivity contribution >= 4 is 67.0 Å². The molecule has 4 nitrogen and oxygen atoms in total. The monoisotopic (exact) mass is 692 g/mol. The third-order valence-electron chi connectivity index (χ3n) is 10.2. The zero-order chi connectivity index (χ0) is 35.8. The van der Waals surface area contributed by atoms with Crippen LogP contribution in [0.25, 0.3) is 44.2 Å². The molecule has 0 saturated heterocycles. The SMILES string of the molecule is c1ccc(N(c2ccccc2)c2cccc(-n3c4ccccc4c4c3c3ccccc3n4-c3cccc(N(c4ccccc4)c4ccccc4)c3)c2)cc1. The van der Waals surface area contributed by atoms with Crippen molar-refractivity contribution in [3.8, 4) is 11.4 Å². The van der Waals surface area contributed by atoms with Crippen LogP contribution in [0.5, 0.6) is 0 Å². The van der Waals surface area contributed by atoms with Gasteiger partial charge >= 0.3 is 0 Å². The summed E-state index contributed by atoms with van der Waals surface area (Å²) in [6, 6.07) is 77.9. The van der Waals surface area contributed by atoms with Crippen molar-refractivity contribution in [2.24, 2.45) is 0 Å². The Bertz CT molecular complexity index is 2600. The predicted molar refractivity (Wildman–Crippen MR) is 227 cm³/mol. The minimum atomic E-state index is 1.09. The molecule has 0 amide bonds. The zero-order valence-electron chi connectivity index (χ0n) is 29.6. The third-order valence-corrected chi connectivity index (χ3v) is 10.2. The lowest BCUT2D eigenvalue weighted by Gasteiger charge is -2.26. The average molecular weight is 693 g/mol. The van der Waals surface area contributed by atoms with E-state index in [1.54, 1.807) is 0 Å². The molecule has 10 aromatic rings.